The average molecular weight is 222 g/mol. The van der Waals surface area contributed by atoms with E-state index in [-0.39, 0.29) is 0 Å². The van der Waals surface area contributed by atoms with Crippen LogP contribution in [0, 0.1) is 0 Å². The van der Waals surface area contributed by atoms with E-state index in [1.54, 1.807) is 0 Å². The van der Waals surface area contributed by atoms with Crippen molar-refractivity contribution in [3.05, 3.63) is 30.0 Å². The molecule has 0 aliphatic carbocycles. The number of benzene rings is 1. The van der Waals surface area contributed by atoms with Crippen LogP contribution >= 0.6 is 10.8 Å². The Morgan fingerprint density at radius 1 is 1.21 bits per heavy atom. The van der Waals surface area contributed by atoms with Gasteiger partial charge in [0.25, 0.3) is 0 Å². The Hall–Kier alpha value is -0.940. The van der Waals surface area contributed by atoms with E-state index in [0.717, 1.165) is 21.8 Å². The maximum absolute atomic E-state index is 11.3. The normalized spacial score (nSPS) is 19.9. The van der Waals surface area contributed by atoms with Crippen LogP contribution in [0.5, 0.6) is 0 Å². The Morgan fingerprint density at radius 3 is 2.71 bits per heavy atom. The molecule has 70 valence electrons. The Morgan fingerprint density at radius 2 is 1.93 bits per heavy atom. The number of rotatable bonds is 0. The summed E-state index contributed by atoms with van der Waals surface area (Å²) < 4.78 is 11.3. The molecule has 1 aliphatic heterocycles. The first-order valence-corrected chi connectivity index (χ1v) is 6.80. The Kier molecular flexibility index (Phi) is 1.81. The Labute approximate surface area is 86.8 Å². The lowest BCUT2D eigenvalue weighted by Gasteiger charge is -1.98. The molecule has 1 aliphatic rings. The number of hydrogen-bond donors (Lipinski definition) is 0. The van der Waals surface area contributed by atoms with Crippen LogP contribution in [0.2, 0.25) is 0 Å². The third-order valence-corrected chi connectivity index (χ3v) is 4.60. The number of fused-ring (bicyclic) bond motifs is 2. The molecule has 0 spiro atoms. The highest BCUT2D eigenvalue weighted by Crippen LogP contribution is 2.33. The van der Waals surface area contributed by atoms with Crippen LogP contribution in [0.25, 0.3) is 11.0 Å². The fourth-order valence-electron chi connectivity index (χ4n) is 1.41. The van der Waals surface area contributed by atoms with Gasteiger partial charge in [-0.15, -0.1) is 0 Å². The second kappa shape index (κ2) is 3.03. The highest BCUT2D eigenvalue weighted by Gasteiger charge is 2.21. The topological polar surface area (TPSA) is 42.9 Å². The number of hydrogen-bond acceptors (Lipinski definition) is 4. The van der Waals surface area contributed by atoms with Crippen LogP contribution in [0.4, 0.5) is 0 Å². The van der Waals surface area contributed by atoms with E-state index in [2.05, 4.69) is 9.97 Å². The third-order valence-electron chi connectivity index (χ3n) is 2.03. The van der Waals surface area contributed by atoms with Crippen molar-refractivity contribution in [2.75, 3.05) is 0 Å². The first-order chi connectivity index (χ1) is 6.83. The van der Waals surface area contributed by atoms with E-state index in [4.69, 9.17) is 0 Å². The summed E-state index contributed by atoms with van der Waals surface area (Å²) in [6, 6.07) is 7.71. The molecule has 0 bridgehead atoms. The highest BCUT2D eigenvalue weighted by atomic mass is 33.1. The first kappa shape index (κ1) is 8.38. The lowest BCUT2D eigenvalue weighted by Crippen LogP contribution is -1.91. The third kappa shape index (κ3) is 1.24. The molecule has 0 saturated carbocycles. The second-order valence-corrected chi connectivity index (χ2v) is 6.06. The van der Waals surface area contributed by atoms with Gasteiger partial charge < -0.3 is 0 Å². The summed E-state index contributed by atoms with van der Waals surface area (Å²) in [5.74, 6) is 0.526. The monoisotopic (exact) mass is 222 g/mol. The van der Waals surface area contributed by atoms with E-state index in [9.17, 15) is 4.21 Å². The molecule has 14 heavy (non-hydrogen) atoms. The van der Waals surface area contributed by atoms with Crippen LogP contribution in [0.1, 0.15) is 5.69 Å². The fourth-order valence-corrected chi connectivity index (χ4v) is 3.95. The van der Waals surface area contributed by atoms with E-state index in [1.165, 1.54) is 10.8 Å². The Bertz CT molecular complexity index is 495. The number of aromatic nitrogens is 2. The summed E-state index contributed by atoms with van der Waals surface area (Å²) in [6.45, 7) is 0. The molecular formula is C9H6N2OS2. The van der Waals surface area contributed by atoms with Gasteiger partial charge in [-0.1, -0.05) is 12.1 Å². The average Bonchev–Trinajstić information content (AvgIpc) is 2.53. The van der Waals surface area contributed by atoms with Crippen molar-refractivity contribution < 1.29 is 4.21 Å². The van der Waals surface area contributed by atoms with Crippen LogP contribution in [-0.2, 0) is 15.6 Å². The molecule has 0 fully saturated rings. The van der Waals surface area contributed by atoms with Crippen LogP contribution < -0.4 is 0 Å². The summed E-state index contributed by atoms with van der Waals surface area (Å²) in [6.07, 6.45) is 0. The quantitative estimate of drug-likeness (QED) is 0.638. The van der Waals surface area contributed by atoms with E-state index < -0.39 is 9.83 Å². The first-order valence-electron chi connectivity index (χ1n) is 4.15. The van der Waals surface area contributed by atoms with Gasteiger partial charge in [-0.05, 0) is 22.9 Å². The van der Waals surface area contributed by atoms with Gasteiger partial charge in [-0.2, -0.15) is 0 Å². The van der Waals surface area contributed by atoms with E-state index in [1.807, 2.05) is 24.3 Å². The minimum absolute atomic E-state index is 0.526. The summed E-state index contributed by atoms with van der Waals surface area (Å²) >= 11 is 0. The fraction of sp³-hybridized carbons (Fsp3) is 0.111. The second-order valence-electron chi connectivity index (χ2n) is 3.00. The van der Waals surface area contributed by atoms with Crippen molar-refractivity contribution in [1.82, 2.24) is 9.97 Å². The maximum atomic E-state index is 11.3. The predicted molar refractivity (Wildman–Crippen MR) is 57.2 cm³/mol. The molecule has 0 saturated heterocycles. The van der Waals surface area contributed by atoms with E-state index in [0.29, 0.717) is 5.75 Å². The molecular weight excluding hydrogens is 216 g/mol. The van der Waals surface area contributed by atoms with Crippen LogP contribution in [0.3, 0.4) is 0 Å². The summed E-state index contributed by atoms with van der Waals surface area (Å²) in [7, 11) is 0.429. The number of nitrogens with zero attached hydrogens (tertiary/aromatic N) is 2. The van der Waals surface area contributed by atoms with Gasteiger partial charge in [0.2, 0.25) is 0 Å². The molecule has 2 aromatic rings. The maximum Gasteiger partial charge on any atom is 0.132 e. The van der Waals surface area contributed by atoms with Crippen molar-refractivity contribution in [1.29, 1.82) is 0 Å². The minimum Gasteiger partial charge on any atom is -0.247 e. The van der Waals surface area contributed by atoms with E-state index >= 15 is 0 Å². The molecule has 3 rings (SSSR count). The zero-order valence-electron chi connectivity index (χ0n) is 7.14. The van der Waals surface area contributed by atoms with Crippen LogP contribution in [0.15, 0.2) is 29.3 Å². The Balaban J connectivity index is 2.31. The largest absolute Gasteiger partial charge is 0.247 e. The van der Waals surface area contributed by atoms with Gasteiger partial charge in [0, 0.05) is 0 Å². The molecule has 0 radical (unpaired) electrons. The molecule has 1 unspecified atom stereocenters. The molecule has 5 heteroatoms. The number of para-hydroxylation sites is 2. The summed E-state index contributed by atoms with van der Waals surface area (Å²) in [5.41, 5.74) is 2.62. The van der Waals surface area contributed by atoms with Gasteiger partial charge in [0.15, 0.2) is 0 Å². The van der Waals surface area contributed by atoms with Crippen molar-refractivity contribution >= 4 is 31.7 Å². The van der Waals surface area contributed by atoms with Gasteiger partial charge >= 0.3 is 0 Å². The van der Waals surface area contributed by atoms with Gasteiger partial charge in [0.1, 0.15) is 5.03 Å². The van der Waals surface area contributed by atoms with Crippen molar-refractivity contribution in [3.8, 4) is 0 Å². The molecule has 1 atom stereocenters. The zero-order valence-corrected chi connectivity index (χ0v) is 8.77. The van der Waals surface area contributed by atoms with Crippen molar-refractivity contribution in [2.24, 2.45) is 0 Å². The van der Waals surface area contributed by atoms with Crippen LogP contribution in [-0.4, -0.2) is 14.2 Å². The lowest BCUT2D eigenvalue weighted by atomic mass is 10.3. The molecule has 1 aromatic heterocycles. The standard InChI is InChI=1S/C9H6N2OS2/c12-14-5-8-9(13-14)11-7-4-2-1-3-6(7)10-8/h1-4H,5H2. The lowest BCUT2D eigenvalue weighted by molar-refractivity contribution is 0.691. The predicted octanol–water partition coefficient (Wildman–Crippen LogP) is 1.90. The van der Waals surface area contributed by atoms with Crippen molar-refractivity contribution in [2.45, 2.75) is 10.8 Å². The molecule has 0 N–H and O–H groups in total. The zero-order chi connectivity index (χ0) is 9.54. The van der Waals surface area contributed by atoms with Gasteiger partial charge in [-0.3, -0.25) is 0 Å². The van der Waals surface area contributed by atoms with Crippen molar-refractivity contribution in [3.63, 3.8) is 0 Å². The minimum atomic E-state index is -0.876. The van der Waals surface area contributed by atoms with Gasteiger partial charge in [-0.25, -0.2) is 14.2 Å². The summed E-state index contributed by atoms with van der Waals surface area (Å²) in [4.78, 5) is 8.84. The molecule has 2 heterocycles. The smallest absolute Gasteiger partial charge is 0.132 e. The molecule has 1 aromatic carbocycles. The highest BCUT2D eigenvalue weighted by molar-refractivity contribution is 8.69. The van der Waals surface area contributed by atoms with Gasteiger partial charge in [0.05, 0.1) is 32.3 Å². The molecule has 3 nitrogen and oxygen atoms in total. The molecule has 0 amide bonds. The SMILES string of the molecule is O=S1Cc2nc3ccccc3nc2S1. The summed E-state index contributed by atoms with van der Waals surface area (Å²) in [5, 5.41) is 0.821.